The van der Waals surface area contributed by atoms with Crippen molar-refractivity contribution in [3.8, 4) is 5.75 Å². The minimum Gasteiger partial charge on any atom is -0.497 e. The van der Waals surface area contributed by atoms with Crippen LogP contribution in [0.4, 0.5) is 5.69 Å². The average molecular weight is 295 g/mol. The van der Waals surface area contributed by atoms with E-state index in [1.807, 2.05) is 12.1 Å². The summed E-state index contributed by atoms with van der Waals surface area (Å²) >= 11 is 6.10. The van der Waals surface area contributed by atoms with Crippen molar-refractivity contribution in [1.82, 2.24) is 4.98 Å². The van der Waals surface area contributed by atoms with Crippen LogP contribution in [0.15, 0.2) is 30.3 Å². The smallest absolute Gasteiger partial charge is 0.354 e. The number of hydrogen-bond donors (Lipinski definition) is 2. The van der Waals surface area contributed by atoms with Crippen LogP contribution in [0.5, 0.6) is 5.75 Å². The highest BCUT2D eigenvalue weighted by Gasteiger charge is 2.08. The molecule has 1 aromatic heterocycles. The third kappa shape index (κ3) is 3.24. The number of aromatic nitrogens is 1. The lowest BCUT2D eigenvalue weighted by Crippen LogP contribution is -2.04. The molecular weight excluding hydrogens is 280 g/mol. The summed E-state index contributed by atoms with van der Waals surface area (Å²) in [5.74, 6) is 0.328. The Bertz CT molecular complexity index is 610. The van der Waals surface area contributed by atoms with Crippen LogP contribution in [0.2, 0.25) is 5.02 Å². The van der Waals surface area contributed by atoms with Gasteiger partial charge in [0.1, 0.15) is 11.4 Å². The Morgan fingerprint density at radius 1 is 1.30 bits per heavy atom. The molecule has 6 heteroatoms. The number of hydrogen-bond acceptors (Lipinski definition) is 4. The van der Waals surface area contributed by atoms with E-state index in [1.165, 1.54) is 7.11 Å². The first-order chi connectivity index (χ1) is 9.63. The van der Waals surface area contributed by atoms with E-state index in [0.29, 0.717) is 17.3 Å². The number of carbonyl (C=O) groups excluding carboxylic acids is 1. The summed E-state index contributed by atoms with van der Waals surface area (Å²) < 4.78 is 9.78. The molecule has 1 heterocycles. The molecule has 0 saturated heterocycles. The maximum atomic E-state index is 11.3. The fourth-order valence-corrected chi connectivity index (χ4v) is 1.91. The van der Waals surface area contributed by atoms with E-state index in [2.05, 4.69) is 15.0 Å². The fraction of sp³-hybridized carbons (Fsp3) is 0.214. The molecule has 0 aliphatic carbocycles. The lowest BCUT2D eigenvalue weighted by molar-refractivity contribution is 0.0594. The fourth-order valence-electron chi connectivity index (χ4n) is 1.73. The predicted molar refractivity (Wildman–Crippen MR) is 77.5 cm³/mol. The topological polar surface area (TPSA) is 63.4 Å². The third-order valence-electron chi connectivity index (χ3n) is 2.79. The Hall–Kier alpha value is -2.14. The van der Waals surface area contributed by atoms with Crippen LogP contribution < -0.4 is 10.1 Å². The van der Waals surface area contributed by atoms with E-state index in [1.54, 1.807) is 25.3 Å². The molecule has 0 amide bonds. The van der Waals surface area contributed by atoms with Gasteiger partial charge < -0.3 is 19.8 Å². The van der Waals surface area contributed by atoms with Crippen molar-refractivity contribution in [2.24, 2.45) is 0 Å². The molecule has 0 bridgehead atoms. The molecular formula is C14H15ClN2O3. The second-order valence-corrected chi connectivity index (χ2v) is 4.50. The van der Waals surface area contributed by atoms with E-state index in [4.69, 9.17) is 16.3 Å². The number of carbonyl (C=O) groups is 1. The lowest BCUT2D eigenvalue weighted by Gasteiger charge is -2.09. The van der Waals surface area contributed by atoms with Crippen LogP contribution in [0.1, 0.15) is 16.2 Å². The first-order valence-corrected chi connectivity index (χ1v) is 6.35. The molecule has 2 aromatic rings. The number of esters is 1. The number of methoxy groups -OCH3 is 2. The van der Waals surface area contributed by atoms with Crippen LogP contribution in [-0.4, -0.2) is 25.2 Å². The summed E-state index contributed by atoms with van der Waals surface area (Å²) in [7, 11) is 2.94. The molecule has 0 atom stereocenters. The standard InChI is InChI=1S/C14H15ClN2O3/c1-19-10-4-5-11(15)13(7-10)16-8-9-3-6-12(17-9)14(18)20-2/h3-7,16-17H,8H2,1-2H3. The van der Waals surface area contributed by atoms with Crippen LogP contribution in [0, 0.1) is 0 Å². The van der Waals surface area contributed by atoms with Crippen molar-refractivity contribution in [2.75, 3.05) is 19.5 Å². The largest absolute Gasteiger partial charge is 0.497 e. The van der Waals surface area contributed by atoms with Gasteiger partial charge >= 0.3 is 5.97 Å². The van der Waals surface area contributed by atoms with Crippen LogP contribution in [0.25, 0.3) is 0 Å². The SMILES string of the molecule is COC(=O)c1ccc(CNc2cc(OC)ccc2Cl)[nH]1. The molecule has 106 valence electrons. The molecule has 0 unspecified atom stereocenters. The van der Waals surface area contributed by atoms with Gasteiger partial charge in [-0.25, -0.2) is 4.79 Å². The number of halogens is 1. The number of H-pyrrole nitrogens is 1. The van der Waals surface area contributed by atoms with Crippen molar-refractivity contribution in [1.29, 1.82) is 0 Å². The third-order valence-corrected chi connectivity index (χ3v) is 3.12. The first-order valence-electron chi connectivity index (χ1n) is 5.97. The van der Waals surface area contributed by atoms with Gasteiger partial charge in [-0.2, -0.15) is 0 Å². The van der Waals surface area contributed by atoms with Gasteiger partial charge in [0.05, 0.1) is 31.5 Å². The minimum atomic E-state index is -0.393. The highest BCUT2D eigenvalue weighted by Crippen LogP contribution is 2.27. The molecule has 0 aliphatic rings. The van der Waals surface area contributed by atoms with E-state index in [0.717, 1.165) is 17.1 Å². The minimum absolute atomic E-state index is 0.393. The maximum Gasteiger partial charge on any atom is 0.354 e. The number of ether oxygens (including phenoxy) is 2. The van der Waals surface area contributed by atoms with Crippen molar-refractivity contribution in [3.63, 3.8) is 0 Å². The summed E-state index contributed by atoms with van der Waals surface area (Å²) in [6, 6.07) is 8.85. The van der Waals surface area contributed by atoms with E-state index >= 15 is 0 Å². The van der Waals surface area contributed by atoms with Gasteiger partial charge in [-0.3, -0.25) is 0 Å². The predicted octanol–water partition coefficient (Wildman–Crippen LogP) is 3.08. The van der Waals surface area contributed by atoms with Gasteiger partial charge in [0.25, 0.3) is 0 Å². The molecule has 2 rings (SSSR count). The molecule has 0 saturated carbocycles. The molecule has 0 fully saturated rings. The van der Waals surface area contributed by atoms with E-state index in [-0.39, 0.29) is 0 Å². The molecule has 0 spiro atoms. The molecule has 0 aliphatic heterocycles. The van der Waals surface area contributed by atoms with Gasteiger partial charge in [-0.05, 0) is 24.3 Å². The Morgan fingerprint density at radius 2 is 2.10 bits per heavy atom. The molecule has 2 N–H and O–H groups in total. The molecule has 1 aromatic carbocycles. The number of aromatic amines is 1. The monoisotopic (exact) mass is 294 g/mol. The Labute approximate surface area is 121 Å². The summed E-state index contributed by atoms with van der Waals surface area (Å²) in [4.78, 5) is 14.3. The second-order valence-electron chi connectivity index (χ2n) is 4.09. The number of rotatable bonds is 5. The summed E-state index contributed by atoms with van der Waals surface area (Å²) in [5.41, 5.74) is 2.03. The summed E-state index contributed by atoms with van der Waals surface area (Å²) in [5, 5.41) is 3.78. The number of anilines is 1. The normalized spacial score (nSPS) is 10.2. The van der Waals surface area contributed by atoms with E-state index in [9.17, 15) is 4.79 Å². The number of benzene rings is 1. The Balaban J connectivity index is 2.05. The van der Waals surface area contributed by atoms with Gasteiger partial charge in [0, 0.05) is 11.8 Å². The van der Waals surface area contributed by atoms with Crippen LogP contribution in [-0.2, 0) is 11.3 Å². The Morgan fingerprint density at radius 3 is 2.80 bits per heavy atom. The average Bonchev–Trinajstić information content (AvgIpc) is 2.94. The van der Waals surface area contributed by atoms with Gasteiger partial charge in [0.2, 0.25) is 0 Å². The Kier molecular flexibility index (Phi) is 4.53. The van der Waals surface area contributed by atoms with Gasteiger partial charge in [-0.15, -0.1) is 0 Å². The van der Waals surface area contributed by atoms with E-state index < -0.39 is 5.97 Å². The van der Waals surface area contributed by atoms with Crippen molar-refractivity contribution >= 4 is 23.3 Å². The zero-order chi connectivity index (χ0) is 14.5. The maximum absolute atomic E-state index is 11.3. The highest BCUT2D eigenvalue weighted by atomic mass is 35.5. The zero-order valence-corrected chi connectivity index (χ0v) is 12.0. The number of nitrogens with one attached hydrogen (secondary N) is 2. The first kappa shape index (κ1) is 14.3. The van der Waals surface area contributed by atoms with Crippen LogP contribution >= 0.6 is 11.6 Å². The quantitative estimate of drug-likeness (QED) is 0.832. The summed E-state index contributed by atoms with van der Waals surface area (Å²) in [6.07, 6.45) is 0. The lowest BCUT2D eigenvalue weighted by atomic mass is 10.3. The molecule has 0 radical (unpaired) electrons. The summed E-state index contributed by atoms with van der Waals surface area (Å²) in [6.45, 7) is 0.504. The zero-order valence-electron chi connectivity index (χ0n) is 11.2. The van der Waals surface area contributed by atoms with Crippen LogP contribution in [0.3, 0.4) is 0 Å². The van der Waals surface area contributed by atoms with Crippen molar-refractivity contribution in [3.05, 3.63) is 46.7 Å². The van der Waals surface area contributed by atoms with Crippen molar-refractivity contribution < 1.29 is 14.3 Å². The highest BCUT2D eigenvalue weighted by molar-refractivity contribution is 6.33. The molecule has 20 heavy (non-hydrogen) atoms. The second kappa shape index (κ2) is 6.34. The van der Waals surface area contributed by atoms with Gasteiger partial charge in [-0.1, -0.05) is 11.6 Å². The van der Waals surface area contributed by atoms with Gasteiger partial charge in [0.15, 0.2) is 0 Å². The van der Waals surface area contributed by atoms with Crippen molar-refractivity contribution in [2.45, 2.75) is 6.54 Å². The molecule has 5 nitrogen and oxygen atoms in total.